The van der Waals surface area contributed by atoms with E-state index in [4.69, 9.17) is 23.2 Å². The second-order valence-corrected chi connectivity index (χ2v) is 3.65. The molecule has 0 saturated heterocycles. The molecule has 0 aromatic heterocycles. The van der Waals surface area contributed by atoms with Crippen LogP contribution in [0.15, 0.2) is 5.16 Å². The summed E-state index contributed by atoms with van der Waals surface area (Å²) in [6, 6.07) is 0. The lowest BCUT2D eigenvalue weighted by molar-refractivity contribution is 0.318. The Hall–Kier alpha value is -0.490. The molecule has 0 heterocycles. The third-order valence-corrected chi connectivity index (χ3v) is 2.61. The number of nitrogens with zero attached hydrogens (tertiary/aromatic N) is 2. The molecule has 0 aliphatic rings. The van der Waals surface area contributed by atoms with Gasteiger partial charge in [-0.3, -0.25) is 0 Å². The van der Waals surface area contributed by atoms with Crippen LogP contribution in [0, 0.1) is 0 Å². The van der Waals surface area contributed by atoms with Gasteiger partial charge >= 0.3 is 0 Å². The van der Waals surface area contributed by atoms with Crippen LogP contribution < -0.4 is 5.73 Å². The lowest BCUT2D eigenvalue weighted by Gasteiger charge is -2.11. The number of thioether (sulfide) groups is 1. The average molecular weight is 193 g/mol. The van der Waals surface area contributed by atoms with E-state index in [2.05, 4.69) is 5.16 Å². The summed E-state index contributed by atoms with van der Waals surface area (Å²) in [6.45, 7) is 0. The molecule has 0 rings (SSSR count). The van der Waals surface area contributed by atoms with Crippen molar-refractivity contribution in [1.82, 2.24) is 4.90 Å². The monoisotopic (exact) mass is 193 g/mol. The van der Waals surface area contributed by atoms with Crippen LogP contribution in [0.4, 0.5) is 0 Å². The van der Waals surface area contributed by atoms with Gasteiger partial charge < -0.3 is 15.8 Å². The van der Waals surface area contributed by atoms with E-state index in [0.717, 1.165) is 4.32 Å². The van der Waals surface area contributed by atoms with Gasteiger partial charge in [0.15, 0.2) is 0 Å². The van der Waals surface area contributed by atoms with Gasteiger partial charge in [-0.15, -0.1) is 0 Å². The van der Waals surface area contributed by atoms with E-state index in [-0.39, 0.29) is 5.84 Å². The first-order valence-electron chi connectivity index (χ1n) is 2.88. The molecule has 0 radical (unpaired) electrons. The van der Waals surface area contributed by atoms with Crippen LogP contribution in [0.1, 0.15) is 0 Å². The highest BCUT2D eigenvalue weighted by Gasteiger charge is 2.00. The van der Waals surface area contributed by atoms with Crippen molar-refractivity contribution < 1.29 is 5.21 Å². The number of hydrogen-bond acceptors (Lipinski definition) is 4. The lowest BCUT2D eigenvalue weighted by Crippen LogP contribution is -2.21. The zero-order chi connectivity index (χ0) is 8.85. The Balaban J connectivity index is 3.63. The predicted molar refractivity (Wildman–Crippen MR) is 52.2 cm³/mol. The molecule has 0 aliphatic heterocycles. The van der Waals surface area contributed by atoms with Gasteiger partial charge in [-0.05, 0) is 0 Å². The van der Waals surface area contributed by atoms with Crippen LogP contribution in [0.5, 0.6) is 0 Å². The summed E-state index contributed by atoms with van der Waals surface area (Å²) in [4.78, 5) is 1.80. The largest absolute Gasteiger partial charge is 0.409 e. The fourth-order valence-corrected chi connectivity index (χ4v) is 1.06. The van der Waals surface area contributed by atoms with E-state index in [1.54, 1.807) is 4.90 Å². The molecule has 6 heteroatoms. The topological polar surface area (TPSA) is 61.8 Å². The molecule has 0 aliphatic carbocycles. The Morgan fingerprint density at radius 3 is 2.64 bits per heavy atom. The maximum Gasteiger partial charge on any atom is 0.149 e. The second kappa shape index (κ2) is 5.20. The third kappa shape index (κ3) is 4.86. The molecule has 0 unspecified atom stereocenters. The summed E-state index contributed by atoms with van der Waals surface area (Å²) in [7, 11) is 3.70. The van der Waals surface area contributed by atoms with Gasteiger partial charge in [0, 0.05) is 14.1 Å². The van der Waals surface area contributed by atoms with Gasteiger partial charge in [0.05, 0.1) is 5.75 Å². The van der Waals surface area contributed by atoms with Crippen molar-refractivity contribution in [3.8, 4) is 0 Å². The molecular formula is C5H11N3OS2. The van der Waals surface area contributed by atoms with Crippen molar-refractivity contribution in [2.24, 2.45) is 10.9 Å². The number of amidine groups is 1. The fraction of sp³-hybridized carbons (Fsp3) is 0.600. The number of oxime groups is 1. The highest BCUT2D eigenvalue weighted by molar-refractivity contribution is 8.23. The van der Waals surface area contributed by atoms with E-state index in [0.29, 0.717) is 5.75 Å². The van der Waals surface area contributed by atoms with E-state index in [1.807, 2.05) is 14.1 Å². The summed E-state index contributed by atoms with van der Waals surface area (Å²) in [5, 5.41) is 11.0. The molecule has 0 saturated carbocycles. The zero-order valence-corrected chi connectivity index (χ0v) is 8.08. The molecule has 11 heavy (non-hydrogen) atoms. The van der Waals surface area contributed by atoms with Crippen molar-refractivity contribution in [3.05, 3.63) is 0 Å². The Kier molecular flexibility index (Phi) is 4.97. The van der Waals surface area contributed by atoms with Crippen molar-refractivity contribution in [2.45, 2.75) is 0 Å². The Bertz CT molecular complexity index is 169. The molecule has 0 atom stereocenters. The second-order valence-electron chi connectivity index (χ2n) is 2.04. The van der Waals surface area contributed by atoms with Gasteiger partial charge in [-0.25, -0.2) is 0 Å². The number of rotatable bonds is 2. The van der Waals surface area contributed by atoms with Gasteiger partial charge in [0.2, 0.25) is 0 Å². The summed E-state index contributed by atoms with van der Waals surface area (Å²) < 4.78 is 0.719. The standard InChI is InChI=1S/C5H11N3OS2/c1-8(2)5(10)11-3-4(6)7-9/h9H,3H2,1-2H3,(H2,6,7). The summed E-state index contributed by atoms with van der Waals surface area (Å²) in [5.74, 6) is 0.604. The summed E-state index contributed by atoms with van der Waals surface area (Å²) in [6.07, 6.45) is 0. The Labute approximate surface area is 75.4 Å². The van der Waals surface area contributed by atoms with Crippen molar-refractivity contribution in [3.63, 3.8) is 0 Å². The van der Waals surface area contributed by atoms with Crippen LogP contribution >= 0.6 is 24.0 Å². The molecule has 0 fully saturated rings. The molecule has 0 amide bonds. The van der Waals surface area contributed by atoms with Gasteiger partial charge in [-0.2, -0.15) is 0 Å². The van der Waals surface area contributed by atoms with E-state index in [1.165, 1.54) is 11.8 Å². The van der Waals surface area contributed by atoms with Crippen molar-refractivity contribution in [1.29, 1.82) is 0 Å². The number of nitrogens with two attached hydrogens (primary N) is 1. The first kappa shape index (κ1) is 10.5. The maximum absolute atomic E-state index is 8.18. The Morgan fingerprint density at radius 2 is 2.27 bits per heavy atom. The number of hydrogen-bond donors (Lipinski definition) is 2. The third-order valence-electron chi connectivity index (χ3n) is 0.837. The van der Waals surface area contributed by atoms with Crippen LogP contribution in [0.25, 0.3) is 0 Å². The van der Waals surface area contributed by atoms with Crippen LogP contribution in [0.3, 0.4) is 0 Å². The molecule has 0 bridgehead atoms. The summed E-state index contributed by atoms with van der Waals surface area (Å²) >= 11 is 6.30. The summed E-state index contributed by atoms with van der Waals surface area (Å²) in [5.41, 5.74) is 5.22. The molecule has 64 valence electrons. The smallest absolute Gasteiger partial charge is 0.149 e. The lowest BCUT2D eigenvalue weighted by atomic mass is 10.7. The van der Waals surface area contributed by atoms with Crippen molar-refractivity contribution in [2.75, 3.05) is 19.8 Å². The quantitative estimate of drug-likeness (QED) is 0.217. The van der Waals surface area contributed by atoms with Crippen molar-refractivity contribution >= 4 is 34.1 Å². The van der Waals surface area contributed by atoms with Crippen LogP contribution in [-0.4, -0.2) is 40.1 Å². The first-order valence-corrected chi connectivity index (χ1v) is 4.27. The molecule has 3 N–H and O–H groups in total. The van der Waals surface area contributed by atoms with E-state index >= 15 is 0 Å². The molecule has 0 aromatic carbocycles. The Morgan fingerprint density at radius 1 is 1.73 bits per heavy atom. The number of thiocarbonyl (C=S) groups is 1. The molecule has 0 spiro atoms. The SMILES string of the molecule is CN(C)C(=S)SC/C(N)=N/O. The minimum absolute atomic E-state index is 0.180. The zero-order valence-electron chi connectivity index (χ0n) is 6.44. The minimum Gasteiger partial charge on any atom is -0.409 e. The first-order chi connectivity index (χ1) is 5.07. The van der Waals surface area contributed by atoms with E-state index in [9.17, 15) is 0 Å². The highest BCUT2D eigenvalue weighted by atomic mass is 32.2. The fourth-order valence-electron chi connectivity index (χ4n) is 0.294. The van der Waals surface area contributed by atoms with Crippen LogP contribution in [0.2, 0.25) is 0 Å². The van der Waals surface area contributed by atoms with E-state index < -0.39 is 0 Å². The average Bonchev–Trinajstić information content (AvgIpc) is 1.99. The molecular weight excluding hydrogens is 182 g/mol. The predicted octanol–water partition coefficient (Wildman–Crippen LogP) is 0.313. The minimum atomic E-state index is 0.180. The van der Waals surface area contributed by atoms with Gasteiger partial charge in [0.25, 0.3) is 0 Å². The highest BCUT2D eigenvalue weighted by Crippen LogP contribution is 2.05. The van der Waals surface area contributed by atoms with Gasteiger partial charge in [0.1, 0.15) is 10.2 Å². The normalized spacial score (nSPS) is 11.3. The van der Waals surface area contributed by atoms with Gasteiger partial charge in [-0.1, -0.05) is 29.1 Å². The maximum atomic E-state index is 8.18. The molecule has 4 nitrogen and oxygen atoms in total. The molecule has 0 aromatic rings. The van der Waals surface area contributed by atoms with Crippen LogP contribution in [-0.2, 0) is 0 Å².